The zero-order valence-corrected chi connectivity index (χ0v) is 21.5. The van der Waals surface area contributed by atoms with E-state index in [4.69, 9.17) is 0 Å². The number of ketones is 2. The van der Waals surface area contributed by atoms with E-state index < -0.39 is 36.0 Å². The van der Waals surface area contributed by atoms with E-state index >= 15 is 0 Å². The summed E-state index contributed by atoms with van der Waals surface area (Å²) in [5.41, 5.74) is -1.50. The molecule has 0 aromatic heterocycles. The van der Waals surface area contributed by atoms with Crippen molar-refractivity contribution < 1.29 is 65.8 Å². The van der Waals surface area contributed by atoms with Gasteiger partial charge in [0.2, 0.25) is 0 Å². The topological polar surface area (TPSA) is 161 Å². The van der Waals surface area contributed by atoms with E-state index in [-0.39, 0.29) is 37.8 Å². The zero-order valence-electron chi connectivity index (χ0n) is 19.0. The quantitative estimate of drug-likeness (QED) is 0.399. The maximum Gasteiger partial charge on any atom is 4.00 e. The van der Waals surface area contributed by atoms with E-state index in [1.54, 1.807) is 41.5 Å². The van der Waals surface area contributed by atoms with E-state index in [1.165, 1.54) is 0 Å². The molecule has 9 heteroatoms. The molecule has 0 aliphatic carbocycles. The van der Waals surface area contributed by atoms with Gasteiger partial charge < -0.3 is 30.0 Å². The second-order valence-electron chi connectivity index (χ2n) is 7.90. The Kier molecular flexibility index (Phi) is 29.0. The van der Waals surface area contributed by atoms with Gasteiger partial charge in [-0.25, -0.2) is 0 Å². The summed E-state index contributed by atoms with van der Waals surface area (Å²) < 4.78 is 0. The third-order valence-corrected chi connectivity index (χ3v) is 1.74. The molecule has 0 rings (SSSR count). The molecule has 0 heterocycles. The Morgan fingerprint density at radius 1 is 0.621 bits per heavy atom. The van der Waals surface area contributed by atoms with Crippen LogP contribution in [0.5, 0.6) is 0 Å². The molecule has 29 heavy (non-hydrogen) atoms. The standard InChI is InChI=1S/2C6H10O3.2C4H9O.Zr/c2*1-2-3-5(7)4-6(8)9;2*1-4(2,3)5;/h2*2-4H2,1H3,(H,8,9);2*1-3H3;/q;;2*-1;+4/p-2. The Morgan fingerprint density at radius 3 is 0.897 bits per heavy atom. The van der Waals surface area contributed by atoms with Gasteiger partial charge in [0.15, 0.2) is 0 Å². The number of Topliss-reactive ketones (excluding diaryl/α,β-unsaturated/α-hetero) is 2. The molecular formula is C20H36O8Zr. The first-order valence-electron chi connectivity index (χ1n) is 9.17. The SMILES string of the molecule is CC(C)(C)[O-].CC(C)(C)[O-].CCCC(=O)CC(=O)[O-].CCCC(=O)CC(=O)[O-].[Zr+4]. The molecule has 0 aromatic carbocycles. The summed E-state index contributed by atoms with van der Waals surface area (Å²) in [7, 11) is 0. The molecule has 0 amide bonds. The van der Waals surface area contributed by atoms with Gasteiger partial charge in [-0.1, -0.05) is 55.4 Å². The van der Waals surface area contributed by atoms with Crippen molar-refractivity contribution in [2.75, 3.05) is 0 Å². The minimum atomic E-state index is -1.28. The van der Waals surface area contributed by atoms with Crippen LogP contribution >= 0.6 is 0 Å². The molecule has 0 saturated carbocycles. The van der Waals surface area contributed by atoms with Gasteiger partial charge in [-0.3, -0.25) is 9.59 Å². The van der Waals surface area contributed by atoms with E-state index in [9.17, 15) is 39.6 Å². The van der Waals surface area contributed by atoms with Crippen molar-refractivity contribution in [1.29, 1.82) is 0 Å². The summed E-state index contributed by atoms with van der Waals surface area (Å²) in [6.45, 7) is 13.4. The predicted octanol–water partition coefficient (Wildman–Crippen LogP) is -0.721. The summed E-state index contributed by atoms with van der Waals surface area (Å²) in [5.74, 6) is -3.07. The Hall–Kier alpha value is -0.917. The zero-order chi connectivity index (χ0) is 23.6. The number of rotatable bonds is 8. The summed E-state index contributed by atoms with van der Waals surface area (Å²) in [6.07, 6.45) is 1.21. The first kappa shape index (κ1) is 38.7. The van der Waals surface area contributed by atoms with Crippen LogP contribution in [-0.2, 0) is 45.4 Å². The fourth-order valence-corrected chi connectivity index (χ4v) is 1.06. The van der Waals surface area contributed by atoms with Crippen LogP contribution in [0.4, 0.5) is 0 Å². The largest absolute Gasteiger partial charge is 4.00 e. The fraction of sp³-hybridized carbons (Fsp3) is 0.800. The summed E-state index contributed by atoms with van der Waals surface area (Å²) in [4.78, 5) is 40.4. The van der Waals surface area contributed by atoms with Crippen LogP contribution in [0.15, 0.2) is 0 Å². The summed E-state index contributed by atoms with van der Waals surface area (Å²) >= 11 is 0. The summed E-state index contributed by atoms with van der Waals surface area (Å²) in [6, 6.07) is 0. The number of carbonyl (C=O) groups excluding carboxylic acids is 4. The van der Waals surface area contributed by atoms with Gasteiger partial charge in [0.05, 0.1) is 0 Å². The second kappa shape index (κ2) is 21.8. The Morgan fingerprint density at radius 2 is 0.793 bits per heavy atom. The molecule has 0 bridgehead atoms. The molecular weight excluding hydrogens is 459 g/mol. The number of carbonyl (C=O) groups is 4. The van der Waals surface area contributed by atoms with Gasteiger partial charge in [-0.05, 0) is 12.8 Å². The van der Waals surface area contributed by atoms with Gasteiger partial charge in [-0.2, -0.15) is 0 Å². The van der Waals surface area contributed by atoms with Crippen molar-refractivity contribution in [2.24, 2.45) is 0 Å². The van der Waals surface area contributed by atoms with Crippen molar-refractivity contribution in [3.05, 3.63) is 0 Å². The Labute approximate surface area is 194 Å². The smallest absolute Gasteiger partial charge is 0.850 e. The monoisotopic (exact) mass is 494 g/mol. The van der Waals surface area contributed by atoms with Crippen LogP contribution in [-0.4, -0.2) is 34.7 Å². The molecule has 8 nitrogen and oxygen atoms in total. The minimum absolute atomic E-state index is 0. The first-order valence-corrected chi connectivity index (χ1v) is 9.17. The minimum Gasteiger partial charge on any atom is -0.850 e. The van der Waals surface area contributed by atoms with Crippen molar-refractivity contribution in [3.63, 3.8) is 0 Å². The van der Waals surface area contributed by atoms with Crippen molar-refractivity contribution in [2.45, 2.75) is 105 Å². The summed E-state index contributed by atoms with van der Waals surface area (Å²) in [5, 5.41) is 39.7. The number of carboxylic acids is 2. The average molecular weight is 496 g/mol. The number of carboxylic acid groups (broad SMARTS) is 2. The maximum atomic E-state index is 10.4. The van der Waals surface area contributed by atoms with Crippen molar-refractivity contribution >= 4 is 23.5 Å². The molecule has 0 aliphatic rings. The van der Waals surface area contributed by atoms with E-state index in [1.807, 2.05) is 13.8 Å². The maximum absolute atomic E-state index is 10.4. The molecule has 0 aromatic rings. The van der Waals surface area contributed by atoms with Crippen LogP contribution in [0.25, 0.3) is 0 Å². The van der Waals surface area contributed by atoms with Crippen molar-refractivity contribution in [3.8, 4) is 0 Å². The van der Waals surface area contributed by atoms with E-state index in [2.05, 4.69) is 0 Å². The van der Waals surface area contributed by atoms with Gasteiger partial charge in [0, 0.05) is 37.6 Å². The molecule has 0 saturated heterocycles. The van der Waals surface area contributed by atoms with Crippen LogP contribution in [0, 0.1) is 0 Å². The van der Waals surface area contributed by atoms with Gasteiger partial charge in [-0.15, -0.1) is 11.2 Å². The molecule has 0 spiro atoms. The van der Waals surface area contributed by atoms with Gasteiger partial charge in [0.1, 0.15) is 11.6 Å². The predicted molar refractivity (Wildman–Crippen MR) is 98.6 cm³/mol. The molecule has 0 fully saturated rings. The van der Waals surface area contributed by atoms with Gasteiger partial charge in [0.25, 0.3) is 0 Å². The normalized spacial score (nSPS) is 9.72. The van der Waals surface area contributed by atoms with Gasteiger partial charge >= 0.3 is 26.2 Å². The average Bonchev–Trinajstić information content (AvgIpc) is 2.33. The first-order chi connectivity index (χ1) is 12.3. The molecule has 0 unspecified atom stereocenters. The van der Waals surface area contributed by atoms with Crippen LogP contribution in [0.1, 0.15) is 93.9 Å². The Balaban J connectivity index is -0.0000000907. The molecule has 168 valence electrons. The Bertz CT molecular complexity index is 394. The van der Waals surface area contributed by atoms with Crippen molar-refractivity contribution in [1.82, 2.24) is 0 Å². The van der Waals surface area contributed by atoms with Crippen LogP contribution < -0.4 is 20.4 Å². The number of aliphatic carboxylic acids is 2. The van der Waals surface area contributed by atoms with E-state index in [0.29, 0.717) is 25.7 Å². The molecule has 0 N–H and O–H groups in total. The van der Waals surface area contributed by atoms with Crippen LogP contribution in [0.3, 0.4) is 0 Å². The third kappa shape index (κ3) is 99.5. The molecule has 0 radical (unpaired) electrons. The third-order valence-electron chi connectivity index (χ3n) is 1.74. The van der Waals surface area contributed by atoms with Crippen LogP contribution in [0.2, 0.25) is 0 Å². The van der Waals surface area contributed by atoms with E-state index in [0.717, 1.165) is 0 Å². The number of hydrogen-bond donors (Lipinski definition) is 0. The second-order valence-corrected chi connectivity index (χ2v) is 7.90. The number of hydrogen-bond acceptors (Lipinski definition) is 8. The molecule has 0 aliphatic heterocycles. The molecule has 0 atom stereocenters. The fourth-order valence-electron chi connectivity index (χ4n) is 1.06.